The number of amidine groups is 1. The van der Waals surface area contributed by atoms with Gasteiger partial charge in [0.15, 0.2) is 5.84 Å². The van der Waals surface area contributed by atoms with Gasteiger partial charge in [-0.1, -0.05) is 11.2 Å². The van der Waals surface area contributed by atoms with Crippen LogP contribution in [0, 0.1) is 0 Å². The van der Waals surface area contributed by atoms with Crippen molar-refractivity contribution in [2.75, 3.05) is 26.1 Å². The summed E-state index contributed by atoms with van der Waals surface area (Å²) in [5.41, 5.74) is 6.29. The molecule has 1 rings (SSSR count). The average Bonchev–Trinajstić information content (AvgIpc) is 2.42. The zero-order valence-electron chi connectivity index (χ0n) is 10.5. The van der Waals surface area contributed by atoms with Crippen molar-refractivity contribution in [2.45, 2.75) is 11.8 Å². The molecule has 0 radical (unpaired) electrons. The fraction of sp³-hybridized carbons (Fsp3) is 0.417. The molecule has 0 aromatic heterocycles. The molecule has 0 aliphatic rings. The quantitative estimate of drug-likeness (QED) is 0.198. The van der Waals surface area contributed by atoms with E-state index in [1.807, 2.05) is 25.3 Å². The first-order valence-corrected chi connectivity index (χ1v) is 6.82. The van der Waals surface area contributed by atoms with Crippen molar-refractivity contribution >= 4 is 17.6 Å². The molecule has 0 amide bonds. The molecule has 6 heteroatoms. The van der Waals surface area contributed by atoms with Gasteiger partial charge in [-0.2, -0.15) is 0 Å². The Morgan fingerprint density at radius 2 is 2.22 bits per heavy atom. The smallest absolute Gasteiger partial charge is 0.174 e. The van der Waals surface area contributed by atoms with Crippen LogP contribution in [0.4, 0.5) is 0 Å². The summed E-state index contributed by atoms with van der Waals surface area (Å²) in [7, 11) is 0. The van der Waals surface area contributed by atoms with Crippen molar-refractivity contribution in [3.05, 3.63) is 23.8 Å². The summed E-state index contributed by atoms with van der Waals surface area (Å²) >= 11 is 1.51. The van der Waals surface area contributed by atoms with E-state index in [4.69, 9.17) is 20.4 Å². The average molecular weight is 270 g/mol. The van der Waals surface area contributed by atoms with Crippen molar-refractivity contribution in [2.24, 2.45) is 10.9 Å². The van der Waals surface area contributed by atoms with Crippen molar-refractivity contribution in [1.29, 1.82) is 0 Å². The third-order valence-electron chi connectivity index (χ3n) is 2.26. The number of hydrogen-bond donors (Lipinski definition) is 2. The topological polar surface area (TPSA) is 77.1 Å². The Hall–Kier alpha value is -1.40. The van der Waals surface area contributed by atoms with Crippen LogP contribution in [0.1, 0.15) is 12.5 Å². The highest BCUT2D eigenvalue weighted by Gasteiger charge is 2.13. The lowest BCUT2D eigenvalue weighted by atomic mass is 10.2. The first kappa shape index (κ1) is 14.7. The van der Waals surface area contributed by atoms with Gasteiger partial charge in [0.2, 0.25) is 0 Å². The molecule has 5 nitrogen and oxygen atoms in total. The SMILES string of the molecule is CCOCCOc1cccc(SC)c1/C(N)=N/O. The van der Waals surface area contributed by atoms with Crippen LogP contribution in [0.5, 0.6) is 5.75 Å². The predicted molar refractivity (Wildman–Crippen MR) is 72.7 cm³/mol. The van der Waals surface area contributed by atoms with E-state index in [-0.39, 0.29) is 5.84 Å². The highest BCUT2D eigenvalue weighted by atomic mass is 32.2. The van der Waals surface area contributed by atoms with E-state index in [0.29, 0.717) is 31.1 Å². The van der Waals surface area contributed by atoms with Crippen LogP contribution < -0.4 is 10.5 Å². The van der Waals surface area contributed by atoms with Gasteiger partial charge >= 0.3 is 0 Å². The number of ether oxygens (including phenoxy) is 2. The third-order valence-corrected chi connectivity index (χ3v) is 3.04. The molecule has 1 aromatic rings. The molecule has 0 saturated heterocycles. The number of nitrogens with zero attached hydrogens (tertiary/aromatic N) is 1. The number of benzene rings is 1. The van der Waals surface area contributed by atoms with E-state index in [1.165, 1.54) is 11.8 Å². The minimum Gasteiger partial charge on any atom is -0.490 e. The first-order valence-electron chi connectivity index (χ1n) is 5.60. The molecule has 3 N–H and O–H groups in total. The van der Waals surface area contributed by atoms with Crippen molar-refractivity contribution < 1.29 is 14.7 Å². The molecule has 0 fully saturated rings. The van der Waals surface area contributed by atoms with Gasteiger partial charge in [-0.25, -0.2) is 0 Å². The molecular weight excluding hydrogens is 252 g/mol. The fourth-order valence-electron chi connectivity index (χ4n) is 1.46. The van der Waals surface area contributed by atoms with Crippen molar-refractivity contribution in [3.8, 4) is 5.75 Å². The van der Waals surface area contributed by atoms with Gasteiger partial charge in [0.1, 0.15) is 12.4 Å². The van der Waals surface area contributed by atoms with Crippen LogP contribution in [0.2, 0.25) is 0 Å². The number of nitrogens with two attached hydrogens (primary N) is 1. The van der Waals surface area contributed by atoms with E-state index in [0.717, 1.165) is 4.90 Å². The van der Waals surface area contributed by atoms with Gasteiger partial charge in [-0.05, 0) is 25.3 Å². The third kappa shape index (κ3) is 3.82. The van der Waals surface area contributed by atoms with Gasteiger partial charge < -0.3 is 20.4 Å². The van der Waals surface area contributed by atoms with Gasteiger partial charge in [-0.15, -0.1) is 11.8 Å². The molecule has 1 aromatic carbocycles. The molecule has 100 valence electrons. The highest BCUT2D eigenvalue weighted by molar-refractivity contribution is 7.98. The zero-order valence-corrected chi connectivity index (χ0v) is 11.4. The monoisotopic (exact) mass is 270 g/mol. The molecule has 0 unspecified atom stereocenters. The lowest BCUT2D eigenvalue weighted by Gasteiger charge is -2.13. The molecule has 0 atom stereocenters. The summed E-state index contributed by atoms with van der Waals surface area (Å²) in [4.78, 5) is 0.902. The van der Waals surface area contributed by atoms with Crippen LogP contribution in [-0.4, -0.2) is 37.1 Å². The zero-order chi connectivity index (χ0) is 13.4. The summed E-state index contributed by atoms with van der Waals surface area (Å²) in [5.74, 6) is 0.642. The Bertz CT molecular complexity index is 410. The second-order valence-corrected chi connectivity index (χ2v) is 4.21. The predicted octanol–water partition coefficient (Wildman–Crippen LogP) is 1.92. The Morgan fingerprint density at radius 3 is 2.83 bits per heavy atom. The molecule has 0 heterocycles. The van der Waals surface area contributed by atoms with Crippen molar-refractivity contribution in [3.63, 3.8) is 0 Å². The summed E-state index contributed by atoms with van der Waals surface area (Å²) in [5, 5.41) is 11.9. The van der Waals surface area contributed by atoms with Gasteiger partial charge in [0.25, 0.3) is 0 Å². The molecule has 0 spiro atoms. The maximum absolute atomic E-state index is 8.82. The lowest BCUT2D eigenvalue weighted by Crippen LogP contribution is -2.17. The minimum absolute atomic E-state index is 0.0476. The van der Waals surface area contributed by atoms with Crippen LogP contribution in [0.25, 0.3) is 0 Å². The van der Waals surface area contributed by atoms with E-state index >= 15 is 0 Å². The number of hydrogen-bond acceptors (Lipinski definition) is 5. The Kier molecular flexibility index (Phi) is 6.38. The van der Waals surface area contributed by atoms with Gasteiger partial charge in [-0.3, -0.25) is 0 Å². The molecule has 0 bridgehead atoms. The second-order valence-electron chi connectivity index (χ2n) is 3.36. The van der Waals surface area contributed by atoms with Gasteiger partial charge in [0.05, 0.1) is 12.2 Å². The van der Waals surface area contributed by atoms with Crippen LogP contribution in [0.15, 0.2) is 28.3 Å². The highest BCUT2D eigenvalue weighted by Crippen LogP contribution is 2.28. The summed E-state index contributed by atoms with van der Waals surface area (Å²) < 4.78 is 10.8. The molecule has 0 aliphatic carbocycles. The fourth-order valence-corrected chi connectivity index (χ4v) is 2.08. The van der Waals surface area contributed by atoms with E-state index in [9.17, 15) is 0 Å². The normalized spacial score (nSPS) is 11.6. The number of rotatable bonds is 7. The summed E-state index contributed by atoms with van der Waals surface area (Å²) in [6.07, 6.45) is 1.92. The Morgan fingerprint density at radius 1 is 1.44 bits per heavy atom. The maximum atomic E-state index is 8.82. The first-order chi connectivity index (χ1) is 8.74. The van der Waals surface area contributed by atoms with Gasteiger partial charge in [0, 0.05) is 11.5 Å². The molecule has 0 aliphatic heterocycles. The largest absolute Gasteiger partial charge is 0.490 e. The molecule has 18 heavy (non-hydrogen) atoms. The number of thioether (sulfide) groups is 1. The standard InChI is InChI=1S/C12H18N2O3S/c1-3-16-7-8-17-9-5-4-6-10(18-2)11(9)12(13)14-15/h4-6,15H,3,7-8H2,1-2H3,(H2,13,14). The minimum atomic E-state index is 0.0476. The Balaban J connectivity index is 2.89. The maximum Gasteiger partial charge on any atom is 0.174 e. The van der Waals surface area contributed by atoms with Crippen LogP contribution in [-0.2, 0) is 4.74 Å². The Labute approximate surface area is 111 Å². The van der Waals surface area contributed by atoms with E-state index in [2.05, 4.69) is 5.16 Å². The second kappa shape index (κ2) is 7.84. The van der Waals surface area contributed by atoms with Crippen LogP contribution >= 0.6 is 11.8 Å². The van der Waals surface area contributed by atoms with Crippen LogP contribution in [0.3, 0.4) is 0 Å². The molecular formula is C12H18N2O3S. The summed E-state index contributed by atoms with van der Waals surface area (Å²) in [6.45, 7) is 3.52. The van der Waals surface area contributed by atoms with E-state index in [1.54, 1.807) is 6.07 Å². The lowest BCUT2D eigenvalue weighted by molar-refractivity contribution is 0.110. The molecule has 0 saturated carbocycles. The van der Waals surface area contributed by atoms with Crippen molar-refractivity contribution in [1.82, 2.24) is 0 Å². The van der Waals surface area contributed by atoms with E-state index < -0.39 is 0 Å². The summed E-state index contributed by atoms with van der Waals surface area (Å²) in [6, 6.07) is 5.56. The number of oxime groups is 1.